The van der Waals surface area contributed by atoms with Crippen molar-refractivity contribution in [3.8, 4) is 0 Å². The number of nitrogens with two attached hydrogens (primary N) is 1. The van der Waals surface area contributed by atoms with E-state index in [1.54, 1.807) is 6.26 Å². The van der Waals surface area contributed by atoms with Crippen LogP contribution in [0.3, 0.4) is 0 Å². The van der Waals surface area contributed by atoms with E-state index < -0.39 is 0 Å². The highest BCUT2D eigenvalue weighted by Crippen LogP contribution is 2.24. The molecule has 0 aliphatic carbocycles. The lowest BCUT2D eigenvalue weighted by Gasteiger charge is -2.32. The summed E-state index contributed by atoms with van der Waals surface area (Å²) in [5, 5.41) is 0. The molecule has 3 nitrogen and oxygen atoms in total. The van der Waals surface area contributed by atoms with Crippen LogP contribution in [0.2, 0.25) is 0 Å². The molecule has 1 atom stereocenters. The van der Waals surface area contributed by atoms with Crippen LogP contribution in [0.4, 0.5) is 0 Å². The molecule has 1 aliphatic heterocycles. The van der Waals surface area contributed by atoms with E-state index in [4.69, 9.17) is 10.2 Å². The van der Waals surface area contributed by atoms with Gasteiger partial charge >= 0.3 is 0 Å². The lowest BCUT2D eigenvalue weighted by Crippen LogP contribution is -2.41. The average molecular weight is 245 g/mol. The number of furan rings is 1. The molecule has 1 saturated heterocycles. The predicted octanol–water partition coefficient (Wildman–Crippen LogP) is 1.75. The molecular formula is C9H13BrN2O. The summed E-state index contributed by atoms with van der Waals surface area (Å²) in [5.74, 6) is 0.854. The van der Waals surface area contributed by atoms with Crippen LogP contribution in [0.25, 0.3) is 0 Å². The second-order valence-corrected chi connectivity index (χ2v) is 4.25. The van der Waals surface area contributed by atoms with Gasteiger partial charge in [-0.05, 0) is 41.5 Å². The second kappa shape index (κ2) is 3.82. The number of nitrogens with zero attached hydrogens (tertiary/aromatic N) is 1. The van der Waals surface area contributed by atoms with E-state index in [1.807, 2.05) is 6.07 Å². The monoisotopic (exact) mass is 244 g/mol. The number of likely N-dealkylation sites (tertiary alicyclic amines) is 1. The molecule has 0 spiro atoms. The first-order valence-corrected chi connectivity index (χ1v) is 5.27. The summed E-state index contributed by atoms with van der Waals surface area (Å²) in [6.45, 7) is 3.24. The number of hydrogen-bond donors (Lipinski definition) is 1. The largest absolute Gasteiger partial charge is 0.466 e. The maximum Gasteiger partial charge on any atom is 0.135 e. The van der Waals surface area contributed by atoms with E-state index in [9.17, 15) is 0 Å². The first-order chi connectivity index (χ1) is 6.27. The third-order valence-corrected chi connectivity index (χ3v) is 3.04. The topological polar surface area (TPSA) is 42.4 Å². The summed E-state index contributed by atoms with van der Waals surface area (Å²) in [4.78, 5) is 2.33. The van der Waals surface area contributed by atoms with Gasteiger partial charge in [-0.15, -0.1) is 0 Å². The molecule has 1 aliphatic rings. The lowest BCUT2D eigenvalue weighted by molar-refractivity contribution is 0.165. The molecule has 1 unspecified atom stereocenters. The molecule has 1 fully saturated rings. The van der Waals surface area contributed by atoms with Gasteiger partial charge in [0.05, 0.1) is 16.8 Å². The summed E-state index contributed by atoms with van der Waals surface area (Å²) < 4.78 is 6.27. The van der Waals surface area contributed by atoms with Crippen molar-refractivity contribution in [3.05, 3.63) is 22.6 Å². The van der Waals surface area contributed by atoms with Gasteiger partial charge in [-0.1, -0.05) is 0 Å². The Morgan fingerprint density at radius 1 is 1.62 bits per heavy atom. The predicted molar refractivity (Wildman–Crippen MR) is 54.4 cm³/mol. The van der Waals surface area contributed by atoms with Crippen LogP contribution in [0.1, 0.15) is 18.2 Å². The molecule has 2 N–H and O–H groups in total. The molecule has 2 rings (SSSR count). The maximum absolute atomic E-state index is 5.99. The van der Waals surface area contributed by atoms with Crippen molar-refractivity contribution >= 4 is 15.9 Å². The minimum absolute atomic E-state index is 0.00956. The zero-order valence-corrected chi connectivity index (χ0v) is 8.96. The Bertz CT molecular complexity index is 283. The van der Waals surface area contributed by atoms with Gasteiger partial charge in [0.15, 0.2) is 0 Å². The zero-order valence-electron chi connectivity index (χ0n) is 7.37. The summed E-state index contributed by atoms with van der Waals surface area (Å²) in [6.07, 6.45) is 2.96. The van der Waals surface area contributed by atoms with Crippen LogP contribution in [0, 0.1) is 0 Å². The van der Waals surface area contributed by atoms with E-state index in [2.05, 4.69) is 20.8 Å². The van der Waals surface area contributed by atoms with Gasteiger partial charge in [-0.25, -0.2) is 0 Å². The summed E-state index contributed by atoms with van der Waals surface area (Å²) in [5.41, 5.74) is 5.99. The summed E-state index contributed by atoms with van der Waals surface area (Å²) in [6, 6.07) is 1.87. The molecule has 1 aromatic heterocycles. The van der Waals surface area contributed by atoms with Gasteiger partial charge in [0.1, 0.15) is 5.76 Å². The van der Waals surface area contributed by atoms with E-state index in [0.29, 0.717) is 0 Å². The maximum atomic E-state index is 5.99. The standard InChI is InChI=1S/C9H13BrN2O/c10-7-2-5-13-9(7)8(11)6-12-3-1-4-12/h2,5,8H,1,3-4,6,11H2. The molecule has 4 heteroatoms. The van der Waals surface area contributed by atoms with Crippen LogP contribution in [-0.4, -0.2) is 24.5 Å². The van der Waals surface area contributed by atoms with Gasteiger partial charge in [0.2, 0.25) is 0 Å². The Hall–Kier alpha value is -0.320. The quantitative estimate of drug-likeness (QED) is 0.882. The summed E-state index contributed by atoms with van der Waals surface area (Å²) in [7, 11) is 0. The third kappa shape index (κ3) is 1.95. The van der Waals surface area contributed by atoms with Gasteiger partial charge in [-0.2, -0.15) is 0 Å². The van der Waals surface area contributed by atoms with Crippen molar-refractivity contribution in [3.63, 3.8) is 0 Å². The number of rotatable bonds is 3. The molecule has 13 heavy (non-hydrogen) atoms. The smallest absolute Gasteiger partial charge is 0.135 e. The Morgan fingerprint density at radius 2 is 2.38 bits per heavy atom. The van der Waals surface area contributed by atoms with Crippen LogP contribution in [0.5, 0.6) is 0 Å². The van der Waals surface area contributed by atoms with Crippen molar-refractivity contribution in [1.29, 1.82) is 0 Å². The van der Waals surface area contributed by atoms with Crippen LogP contribution < -0.4 is 5.73 Å². The SMILES string of the molecule is NC(CN1CCC1)c1occc1Br. The molecule has 2 heterocycles. The second-order valence-electron chi connectivity index (χ2n) is 3.39. The lowest BCUT2D eigenvalue weighted by atomic mass is 10.1. The Kier molecular flexibility index (Phi) is 2.71. The fourth-order valence-corrected chi connectivity index (χ4v) is 1.99. The molecule has 1 aromatic rings. The Morgan fingerprint density at radius 3 is 2.85 bits per heavy atom. The number of hydrogen-bond acceptors (Lipinski definition) is 3. The van der Waals surface area contributed by atoms with Crippen molar-refractivity contribution in [2.45, 2.75) is 12.5 Å². The fraction of sp³-hybridized carbons (Fsp3) is 0.556. The van der Waals surface area contributed by atoms with Crippen molar-refractivity contribution in [2.75, 3.05) is 19.6 Å². The minimum Gasteiger partial charge on any atom is -0.466 e. The van der Waals surface area contributed by atoms with Crippen molar-refractivity contribution < 1.29 is 4.42 Å². The highest BCUT2D eigenvalue weighted by atomic mass is 79.9. The van der Waals surface area contributed by atoms with Gasteiger partial charge < -0.3 is 15.1 Å². The Labute approximate surface area is 86.0 Å². The van der Waals surface area contributed by atoms with Crippen LogP contribution in [0.15, 0.2) is 21.2 Å². The van der Waals surface area contributed by atoms with E-state index in [0.717, 1.165) is 16.8 Å². The van der Waals surface area contributed by atoms with E-state index in [1.165, 1.54) is 19.5 Å². The van der Waals surface area contributed by atoms with E-state index >= 15 is 0 Å². The molecule has 0 saturated carbocycles. The zero-order chi connectivity index (χ0) is 9.26. The molecular weight excluding hydrogens is 232 g/mol. The molecule has 0 radical (unpaired) electrons. The number of halogens is 1. The van der Waals surface area contributed by atoms with Crippen molar-refractivity contribution in [2.24, 2.45) is 5.73 Å². The minimum atomic E-state index is -0.00956. The normalized spacial score (nSPS) is 19.8. The molecule has 0 amide bonds. The van der Waals surface area contributed by atoms with Gasteiger partial charge in [-0.3, -0.25) is 0 Å². The first kappa shape index (κ1) is 9.24. The van der Waals surface area contributed by atoms with Crippen molar-refractivity contribution in [1.82, 2.24) is 4.90 Å². The highest BCUT2D eigenvalue weighted by Gasteiger charge is 2.20. The first-order valence-electron chi connectivity index (χ1n) is 4.48. The third-order valence-electron chi connectivity index (χ3n) is 2.39. The molecule has 0 aromatic carbocycles. The Balaban J connectivity index is 1.96. The van der Waals surface area contributed by atoms with Gasteiger partial charge in [0, 0.05) is 6.54 Å². The van der Waals surface area contributed by atoms with E-state index in [-0.39, 0.29) is 6.04 Å². The van der Waals surface area contributed by atoms with Gasteiger partial charge in [0.25, 0.3) is 0 Å². The highest BCUT2D eigenvalue weighted by molar-refractivity contribution is 9.10. The fourth-order valence-electron chi connectivity index (χ4n) is 1.50. The van der Waals surface area contributed by atoms with Crippen LogP contribution in [-0.2, 0) is 0 Å². The summed E-state index contributed by atoms with van der Waals surface area (Å²) >= 11 is 3.40. The molecule has 72 valence electrons. The average Bonchev–Trinajstić information content (AvgIpc) is 2.43. The van der Waals surface area contributed by atoms with Crippen LogP contribution >= 0.6 is 15.9 Å². The molecule has 0 bridgehead atoms.